The first-order valence-electron chi connectivity index (χ1n) is 6.63. The zero-order chi connectivity index (χ0) is 13.1. The highest BCUT2D eigenvalue weighted by Crippen LogP contribution is 2.10. The molecule has 100 valence electrons. The fourth-order valence-electron chi connectivity index (χ4n) is 2.41. The first-order valence-corrected chi connectivity index (χ1v) is 6.63. The Morgan fingerprint density at radius 2 is 2.37 bits per heavy atom. The van der Waals surface area contributed by atoms with E-state index in [1.54, 1.807) is 29.3 Å². The van der Waals surface area contributed by atoms with E-state index in [0.717, 1.165) is 31.4 Å². The van der Waals surface area contributed by atoms with Crippen LogP contribution in [-0.4, -0.2) is 39.6 Å². The highest BCUT2D eigenvalue weighted by atomic mass is 16.1. The second-order valence-electron chi connectivity index (χ2n) is 4.83. The molecule has 3 rings (SSSR count). The number of amides is 1. The van der Waals surface area contributed by atoms with Crippen molar-refractivity contribution in [2.75, 3.05) is 13.1 Å². The smallest absolute Gasteiger partial charge is 0.255 e. The molecule has 0 aliphatic carbocycles. The Hall–Kier alpha value is -1.95. The lowest BCUT2D eigenvalue weighted by atomic mass is 10.1. The fraction of sp³-hybridized carbons (Fsp3) is 0.462. The summed E-state index contributed by atoms with van der Waals surface area (Å²) in [7, 11) is 0. The molecular weight excluding hydrogens is 242 g/mol. The van der Waals surface area contributed by atoms with Gasteiger partial charge in [0.15, 0.2) is 0 Å². The Morgan fingerprint density at radius 1 is 1.42 bits per heavy atom. The van der Waals surface area contributed by atoms with Gasteiger partial charge in [-0.1, -0.05) is 6.42 Å². The molecule has 1 aliphatic heterocycles. The molecule has 0 bridgehead atoms. The second-order valence-corrected chi connectivity index (χ2v) is 4.83. The summed E-state index contributed by atoms with van der Waals surface area (Å²) in [6.45, 7) is 1.87. The summed E-state index contributed by atoms with van der Waals surface area (Å²) in [5.41, 5.74) is 1.32. The molecule has 1 atom stereocenters. The SMILES string of the molecule is O=C(NC1CCCCNC1)c1cnn2ccncc12. The van der Waals surface area contributed by atoms with Crippen molar-refractivity contribution in [1.29, 1.82) is 0 Å². The second kappa shape index (κ2) is 5.36. The Kier molecular flexibility index (Phi) is 3.41. The Balaban J connectivity index is 1.76. The monoisotopic (exact) mass is 259 g/mol. The number of aromatic nitrogens is 3. The van der Waals surface area contributed by atoms with Crippen molar-refractivity contribution in [1.82, 2.24) is 25.2 Å². The molecule has 19 heavy (non-hydrogen) atoms. The van der Waals surface area contributed by atoms with Crippen LogP contribution < -0.4 is 10.6 Å². The molecule has 2 aromatic heterocycles. The van der Waals surface area contributed by atoms with E-state index in [0.29, 0.717) is 5.56 Å². The van der Waals surface area contributed by atoms with E-state index in [9.17, 15) is 4.79 Å². The van der Waals surface area contributed by atoms with Crippen LogP contribution in [0.2, 0.25) is 0 Å². The first kappa shape index (κ1) is 12.1. The van der Waals surface area contributed by atoms with E-state index in [4.69, 9.17) is 0 Å². The van der Waals surface area contributed by atoms with Crippen LogP contribution >= 0.6 is 0 Å². The summed E-state index contributed by atoms with van der Waals surface area (Å²) in [5.74, 6) is -0.0725. The third-order valence-electron chi connectivity index (χ3n) is 3.45. The molecule has 2 aromatic rings. The van der Waals surface area contributed by atoms with Gasteiger partial charge in [-0.3, -0.25) is 9.78 Å². The molecule has 1 amide bonds. The molecule has 0 spiro atoms. The van der Waals surface area contributed by atoms with Crippen LogP contribution in [0.4, 0.5) is 0 Å². The van der Waals surface area contributed by atoms with Gasteiger partial charge in [0, 0.05) is 25.0 Å². The fourth-order valence-corrected chi connectivity index (χ4v) is 2.41. The highest BCUT2D eigenvalue weighted by molar-refractivity contribution is 6.00. The summed E-state index contributed by atoms with van der Waals surface area (Å²) in [4.78, 5) is 16.3. The van der Waals surface area contributed by atoms with Crippen LogP contribution in [0.1, 0.15) is 29.6 Å². The predicted octanol–water partition coefficient (Wildman–Crippen LogP) is 0.601. The summed E-state index contributed by atoms with van der Waals surface area (Å²) < 4.78 is 1.66. The summed E-state index contributed by atoms with van der Waals surface area (Å²) in [6, 6.07) is 0.196. The maximum absolute atomic E-state index is 12.3. The van der Waals surface area contributed by atoms with Crippen molar-refractivity contribution >= 4 is 11.4 Å². The Labute approximate surface area is 111 Å². The number of fused-ring (bicyclic) bond motifs is 1. The molecule has 1 fully saturated rings. The van der Waals surface area contributed by atoms with Gasteiger partial charge in [0.05, 0.1) is 23.5 Å². The molecule has 2 N–H and O–H groups in total. The zero-order valence-electron chi connectivity index (χ0n) is 10.7. The van der Waals surface area contributed by atoms with Crippen molar-refractivity contribution in [3.05, 3.63) is 30.4 Å². The van der Waals surface area contributed by atoms with Crippen LogP contribution in [0, 0.1) is 0 Å². The van der Waals surface area contributed by atoms with Crippen LogP contribution in [0.15, 0.2) is 24.8 Å². The van der Waals surface area contributed by atoms with E-state index < -0.39 is 0 Å². The van der Waals surface area contributed by atoms with Crippen molar-refractivity contribution in [2.45, 2.75) is 25.3 Å². The van der Waals surface area contributed by atoms with Gasteiger partial charge in [-0.25, -0.2) is 4.52 Å². The van der Waals surface area contributed by atoms with Gasteiger partial charge in [0.1, 0.15) is 0 Å². The average Bonchev–Trinajstić information content (AvgIpc) is 2.70. The van der Waals surface area contributed by atoms with Crippen LogP contribution in [0.25, 0.3) is 5.52 Å². The van der Waals surface area contributed by atoms with Crippen molar-refractivity contribution in [2.24, 2.45) is 0 Å². The quantitative estimate of drug-likeness (QED) is 0.828. The lowest BCUT2D eigenvalue weighted by molar-refractivity contribution is 0.0937. The minimum absolute atomic E-state index is 0.0725. The molecule has 6 heteroatoms. The number of hydrogen-bond donors (Lipinski definition) is 2. The van der Waals surface area contributed by atoms with Gasteiger partial charge in [-0.15, -0.1) is 0 Å². The van der Waals surface area contributed by atoms with Crippen LogP contribution in [0.5, 0.6) is 0 Å². The highest BCUT2D eigenvalue weighted by Gasteiger charge is 2.18. The van der Waals surface area contributed by atoms with E-state index in [1.165, 1.54) is 6.42 Å². The summed E-state index contributed by atoms with van der Waals surface area (Å²) in [6.07, 6.45) is 9.98. The molecule has 3 heterocycles. The molecule has 1 aliphatic rings. The van der Waals surface area contributed by atoms with Crippen molar-refractivity contribution in [3.8, 4) is 0 Å². The molecule has 0 aromatic carbocycles. The largest absolute Gasteiger partial charge is 0.348 e. The van der Waals surface area contributed by atoms with Crippen molar-refractivity contribution in [3.63, 3.8) is 0 Å². The summed E-state index contributed by atoms with van der Waals surface area (Å²) in [5, 5.41) is 10.6. The lowest BCUT2D eigenvalue weighted by Gasteiger charge is -2.15. The number of nitrogens with zero attached hydrogens (tertiary/aromatic N) is 3. The third-order valence-corrected chi connectivity index (χ3v) is 3.45. The Bertz CT molecular complexity index is 571. The molecule has 1 unspecified atom stereocenters. The van der Waals surface area contributed by atoms with Gasteiger partial charge in [0.25, 0.3) is 5.91 Å². The van der Waals surface area contributed by atoms with Gasteiger partial charge in [0.2, 0.25) is 0 Å². The maximum Gasteiger partial charge on any atom is 0.255 e. The molecule has 1 saturated heterocycles. The van der Waals surface area contributed by atoms with E-state index in [1.807, 2.05) is 0 Å². The van der Waals surface area contributed by atoms with Crippen LogP contribution in [-0.2, 0) is 0 Å². The van der Waals surface area contributed by atoms with Gasteiger partial charge >= 0.3 is 0 Å². The molecular formula is C13H17N5O. The Morgan fingerprint density at radius 3 is 3.32 bits per heavy atom. The molecule has 0 saturated carbocycles. The van der Waals surface area contributed by atoms with Gasteiger partial charge in [-0.2, -0.15) is 5.10 Å². The summed E-state index contributed by atoms with van der Waals surface area (Å²) >= 11 is 0. The number of nitrogens with one attached hydrogen (secondary N) is 2. The van der Waals surface area contributed by atoms with Gasteiger partial charge in [-0.05, 0) is 19.4 Å². The molecule has 6 nitrogen and oxygen atoms in total. The van der Waals surface area contributed by atoms with E-state index in [2.05, 4.69) is 20.7 Å². The normalized spacial score (nSPS) is 20.1. The van der Waals surface area contributed by atoms with E-state index in [-0.39, 0.29) is 11.9 Å². The minimum atomic E-state index is -0.0725. The van der Waals surface area contributed by atoms with Crippen molar-refractivity contribution < 1.29 is 4.79 Å². The topological polar surface area (TPSA) is 71.3 Å². The number of carbonyl (C=O) groups is 1. The van der Waals surface area contributed by atoms with Gasteiger partial charge < -0.3 is 10.6 Å². The van der Waals surface area contributed by atoms with Crippen LogP contribution in [0.3, 0.4) is 0 Å². The minimum Gasteiger partial charge on any atom is -0.348 e. The van der Waals surface area contributed by atoms with E-state index >= 15 is 0 Å². The number of carbonyl (C=O) groups excluding carboxylic acids is 1. The zero-order valence-corrected chi connectivity index (χ0v) is 10.7. The first-order chi connectivity index (χ1) is 9.34. The third kappa shape index (κ3) is 2.58. The maximum atomic E-state index is 12.3. The average molecular weight is 259 g/mol. The predicted molar refractivity (Wildman–Crippen MR) is 71.0 cm³/mol. The standard InChI is InChI=1S/C13H17N5O/c19-13(17-10-3-1-2-4-14-7-10)11-8-16-18-6-5-15-9-12(11)18/h5-6,8-10,14H,1-4,7H2,(H,17,19). The molecule has 0 radical (unpaired) electrons. The lowest BCUT2D eigenvalue weighted by Crippen LogP contribution is -2.40. The number of hydrogen-bond acceptors (Lipinski definition) is 4. The number of rotatable bonds is 2.